The van der Waals surface area contributed by atoms with Crippen LogP contribution >= 0.6 is 0 Å². The summed E-state index contributed by atoms with van der Waals surface area (Å²) in [5.74, 6) is 1.76. The van der Waals surface area contributed by atoms with Crippen molar-refractivity contribution >= 4 is 97.9 Å². The Bertz CT molecular complexity index is 4600. The van der Waals surface area contributed by atoms with Gasteiger partial charge in [-0.3, -0.25) is 0 Å². The molecule has 0 amide bonds. The summed E-state index contributed by atoms with van der Waals surface area (Å²) in [6.45, 7) is 0. The van der Waals surface area contributed by atoms with Crippen molar-refractivity contribution in [2.75, 3.05) is 0 Å². The second kappa shape index (κ2) is 14.6. The molecule has 4 heterocycles. The minimum atomic E-state index is 0.566. The largest absolute Gasteiger partial charge is 0.455 e. The first-order valence-corrected chi connectivity index (χ1v) is 23.3. The highest BCUT2D eigenvalue weighted by molar-refractivity contribution is 6.25. The van der Waals surface area contributed by atoms with Gasteiger partial charge in [0.1, 0.15) is 11.2 Å². The van der Waals surface area contributed by atoms with E-state index in [1.54, 1.807) is 0 Å². The van der Waals surface area contributed by atoms with Gasteiger partial charge in [-0.25, -0.2) is 15.0 Å². The maximum atomic E-state index is 6.99. The van der Waals surface area contributed by atoms with Crippen LogP contribution in [0.15, 0.2) is 229 Å². The van der Waals surface area contributed by atoms with Crippen LogP contribution < -0.4 is 0 Å². The maximum Gasteiger partial charge on any atom is 0.166 e. The second-order valence-corrected chi connectivity index (χ2v) is 17.9. The molecule has 0 spiro atoms. The van der Waals surface area contributed by atoms with Crippen molar-refractivity contribution < 1.29 is 4.42 Å². The second-order valence-electron chi connectivity index (χ2n) is 17.9. The molecule has 0 aliphatic heterocycles. The van der Waals surface area contributed by atoms with Crippen LogP contribution in [0.2, 0.25) is 0 Å². The summed E-state index contributed by atoms with van der Waals surface area (Å²) in [6.07, 6.45) is 0. The van der Waals surface area contributed by atoms with Gasteiger partial charge in [0.15, 0.2) is 17.5 Å². The number of hydrogen-bond acceptors (Lipinski definition) is 4. The Morgan fingerprint density at radius 1 is 0.333 bits per heavy atom. The first-order chi connectivity index (χ1) is 34.2. The van der Waals surface area contributed by atoms with E-state index in [2.05, 4.69) is 215 Å². The molecule has 0 aliphatic carbocycles. The van der Waals surface area contributed by atoms with Gasteiger partial charge in [0.25, 0.3) is 0 Å². The Labute approximate surface area is 394 Å². The molecule has 69 heavy (non-hydrogen) atoms. The highest BCUT2D eigenvalue weighted by atomic mass is 16.3. The molecular weight excluding hydrogens is 843 g/mol. The van der Waals surface area contributed by atoms with Crippen LogP contribution in [0.1, 0.15) is 0 Å². The zero-order valence-electron chi connectivity index (χ0n) is 37.0. The van der Waals surface area contributed by atoms with Gasteiger partial charge in [-0.15, -0.1) is 0 Å². The summed E-state index contributed by atoms with van der Waals surface area (Å²) in [4.78, 5) is 15.8. The summed E-state index contributed by atoms with van der Waals surface area (Å²) in [5, 5.41) is 13.9. The normalized spacial score (nSPS) is 12.1. The number of para-hydroxylation sites is 3. The van der Waals surface area contributed by atoms with E-state index in [-0.39, 0.29) is 0 Å². The maximum absolute atomic E-state index is 6.99. The first kappa shape index (κ1) is 37.8. The number of rotatable bonds is 5. The molecule has 6 nitrogen and oxygen atoms in total. The van der Waals surface area contributed by atoms with E-state index in [9.17, 15) is 0 Å². The van der Waals surface area contributed by atoms with Crippen LogP contribution in [0.25, 0.3) is 143 Å². The Kier molecular flexibility index (Phi) is 7.97. The molecule has 0 bridgehead atoms. The molecule has 0 N–H and O–H groups in total. The monoisotopic (exact) mass is 879 g/mol. The van der Waals surface area contributed by atoms with Gasteiger partial charge < -0.3 is 13.6 Å². The lowest BCUT2D eigenvalue weighted by Gasteiger charge is -2.13. The molecule has 0 fully saturated rings. The number of aromatic nitrogens is 5. The van der Waals surface area contributed by atoms with E-state index in [1.807, 2.05) is 18.2 Å². The fraction of sp³-hybridized carbons (Fsp3) is 0. The number of furan rings is 1. The molecule has 320 valence electrons. The number of hydrogen-bond donors (Lipinski definition) is 0. The van der Waals surface area contributed by atoms with Gasteiger partial charge in [0.05, 0.1) is 27.8 Å². The Balaban J connectivity index is 0.961. The molecule has 0 radical (unpaired) electrons. The third-order valence-corrected chi connectivity index (χ3v) is 14.1. The summed E-state index contributed by atoms with van der Waals surface area (Å²) in [5.41, 5.74) is 10.9. The van der Waals surface area contributed by atoms with Crippen molar-refractivity contribution in [3.63, 3.8) is 0 Å². The van der Waals surface area contributed by atoms with Crippen molar-refractivity contribution in [1.29, 1.82) is 0 Å². The third-order valence-electron chi connectivity index (χ3n) is 14.1. The van der Waals surface area contributed by atoms with Crippen molar-refractivity contribution in [2.45, 2.75) is 0 Å². The van der Waals surface area contributed by atoms with Gasteiger partial charge in [0.2, 0.25) is 0 Å². The minimum Gasteiger partial charge on any atom is -0.455 e. The molecule has 0 unspecified atom stereocenters. The van der Waals surface area contributed by atoms with Crippen molar-refractivity contribution in [3.05, 3.63) is 224 Å². The fourth-order valence-electron chi connectivity index (χ4n) is 11.0. The van der Waals surface area contributed by atoms with E-state index in [0.29, 0.717) is 17.5 Å². The van der Waals surface area contributed by atoms with Gasteiger partial charge >= 0.3 is 0 Å². The van der Waals surface area contributed by atoms with Crippen molar-refractivity contribution in [2.24, 2.45) is 0 Å². The fourth-order valence-corrected chi connectivity index (χ4v) is 11.0. The topological polar surface area (TPSA) is 61.7 Å². The van der Waals surface area contributed by atoms with Crippen LogP contribution in [0.3, 0.4) is 0 Å². The van der Waals surface area contributed by atoms with Gasteiger partial charge in [-0.2, -0.15) is 0 Å². The molecular formula is C63H37N5O. The highest BCUT2D eigenvalue weighted by Crippen LogP contribution is 2.44. The van der Waals surface area contributed by atoms with Gasteiger partial charge in [-0.1, -0.05) is 164 Å². The quantitative estimate of drug-likeness (QED) is 0.173. The van der Waals surface area contributed by atoms with Crippen LogP contribution in [0.5, 0.6) is 0 Å². The number of fused-ring (bicyclic) bond motifs is 14. The van der Waals surface area contributed by atoms with E-state index in [0.717, 1.165) is 77.2 Å². The smallest absolute Gasteiger partial charge is 0.166 e. The zero-order valence-corrected chi connectivity index (χ0v) is 37.0. The molecule has 6 heteroatoms. The number of benzene rings is 11. The predicted octanol–water partition coefficient (Wildman–Crippen LogP) is 16.4. The Morgan fingerprint density at radius 2 is 0.986 bits per heavy atom. The van der Waals surface area contributed by atoms with Crippen molar-refractivity contribution in [3.8, 4) is 45.5 Å². The molecule has 0 atom stereocenters. The Morgan fingerprint density at radius 3 is 1.81 bits per heavy atom. The van der Waals surface area contributed by atoms with Crippen LogP contribution in [0.4, 0.5) is 0 Å². The van der Waals surface area contributed by atoms with E-state index < -0.39 is 0 Å². The highest BCUT2D eigenvalue weighted by Gasteiger charge is 2.23. The molecule has 11 aromatic carbocycles. The summed E-state index contributed by atoms with van der Waals surface area (Å²) in [7, 11) is 0. The SMILES string of the molecule is c1ccc(-c2nc(-c3ccc4c(c3)oc3c5ccccc5c(-n5c6cc7ccccc7cc6c6c7ccccc7ccc65)cc43)nc(-c3cccc4c5ccccc5n(-c5ccccc5)c34)n2)cc1. The third kappa shape index (κ3) is 5.63. The molecule has 15 rings (SSSR count). The van der Waals surface area contributed by atoms with Crippen LogP contribution in [-0.4, -0.2) is 24.1 Å². The lowest BCUT2D eigenvalue weighted by Crippen LogP contribution is -2.02. The summed E-state index contributed by atoms with van der Waals surface area (Å²) < 4.78 is 11.8. The molecule has 0 saturated heterocycles. The lowest BCUT2D eigenvalue weighted by molar-refractivity contribution is 0.672. The average Bonchev–Trinajstić information content (AvgIpc) is 4.07. The number of nitrogens with zero attached hydrogens (tertiary/aromatic N) is 5. The lowest BCUT2D eigenvalue weighted by atomic mass is 10.0. The summed E-state index contributed by atoms with van der Waals surface area (Å²) >= 11 is 0. The van der Waals surface area contributed by atoms with E-state index in [4.69, 9.17) is 19.4 Å². The molecule has 15 aromatic rings. The molecule has 4 aromatic heterocycles. The molecule has 0 saturated carbocycles. The van der Waals surface area contributed by atoms with Crippen LogP contribution in [0, 0.1) is 0 Å². The minimum absolute atomic E-state index is 0.566. The summed E-state index contributed by atoms with van der Waals surface area (Å²) in [6, 6.07) is 79.7. The van der Waals surface area contributed by atoms with Crippen molar-refractivity contribution in [1.82, 2.24) is 24.1 Å². The first-order valence-electron chi connectivity index (χ1n) is 23.3. The van der Waals surface area contributed by atoms with E-state index >= 15 is 0 Å². The van der Waals surface area contributed by atoms with Crippen LogP contribution in [-0.2, 0) is 0 Å². The average molecular weight is 880 g/mol. The van der Waals surface area contributed by atoms with E-state index in [1.165, 1.54) is 48.7 Å². The standard InChI is InChI=1S/C63H37N5O/c1-3-17-39(18-4-1)61-64-62(66-63(65-61)50-28-15-27-48-45-24-13-14-29-53(45)67(59(48)50)43-21-5-2-6-22-43)42-30-32-47-51-37-56(46-25-11-12-26-49(46)60(51)69-57(47)36-42)68-54-33-31-38-16-9-10-23-44(38)58(54)52-34-40-19-7-8-20-41(40)35-55(52)68/h1-37H. The van der Waals surface area contributed by atoms with Gasteiger partial charge in [-0.05, 0) is 82.2 Å². The zero-order chi connectivity index (χ0) is 45.2. The predicted molar refractivity (Wildman–Crippen MR) is 285 cm³/mol. The molecule has 0 aliphatic rings. The van der Waals surface area contributed by atoms with Gasteiger partial charge in [0, 0.05) is 65.5 Å². The Hall–Kier alpha value is -9.39.